The molecule has 0 spiro atoms. The van der Waals surface area contributed by atoms with Gasteiger partial charge in [0.15, 0.2) is 0 Å². The summed E-state index contributed by atoms with van der Waals surface area (Å²) in [7, 11) is -2.21. The fourth-order valence-electron chi connectivity index (χ4n) is 4.51. The number of methoxy groups -OCH3 is 1. The van der Waals surface area contributed by atoms with Crippen LogP contribution in [0.5, 0.6) is 5.88 Å². The van der Waals surface area contributed by atoms with Gasteiger partial charge in [0.1, 0.15) is 5.52 Å². The maximum absolute atomic E-state index is 12.8. The summed E-state index contributed by atoms with van der Waals surface area (Å²) in [6.07, 6.45) is 3.02. The number of hydrogen-bond acceptors (Lipinski definition) is 9. The number of carbonyl (C=O) groups is 1. The largest absolute Gasteiger partial charge is 0.481 e. The van der Waals surface area contributed by atoms with Gasteiger partial charge in [0, 0.05) is 36.8 Å². The van der Waals surface area contributed by atoms with Gasteiger partial charge in [-0.05, 0) is 49.6 Å². The number of rotatable bonds is 7. The summed E-state index contributed by atoms with van der Waals surface area (Å²) < 4.78 is 33.5. The molecule has 0 radical (unpaired) electrons. The summed E-state index contributed by atoms with van der Waals surface area (Å²) in [5, 5.41) is 13.8. The molecule has 1 amide bonds. The summed E-state index contributed by atoms with van der Waals surface area (Å²) in [5.41, 5.74) is 1.96. The molecule has 1 aromatic carbocycles. The van der Waals surface area contributed by atoms with Crippen molar-refractivity contribution < 1.29 is 23.1 Å². The highest BCUT2D eigenvalue weighted by atomic mass is 32.2. The molecule has 5 rings (SSSR count). The van der Waals surface area contributed by atoms with Gasteiger partial charge in [0.2, 0.25) is 21.8 Å². The number of piperidine rings is 1. The number of fused-ring (bicyclic) bond motifs is 2. The highest BCUT2D eigenvalue weighted by molar-refractivity contribution is 8.00. The molecule has 2 aliphatic heterocycles. The van der Waals surface area contributed by atoms with Crippen LogP contribution in [0.2, 0.25) is 0 Å². The molecule has 0 atom stereocenters. The topological polar surface area (TPSA) is 134 Å². The Bertz CT molecular complexity index is 1410. The number of aliphatic hydroxyl groups is 1. The van der Waals surface area contributed by atoms with Crippen LogP contribution in [-0.4, -0.2) is 67.5 Å². The molecular weight excluding hydrogens is 502 g/mol. The zero-order chi connectivity index (χ0) is 25.3. The van der Waals surface area contributed by atoms with Crippen molar-refractivity contribution in [1.82, 2.24) is 14.7 Å². The lowest BCUT2D eigenvalue weighted by atomic mass is 9.88. The number of anilines is 2. The zero-order valence-corrected chi connectivity index (χ0v) is 21.4. The first-order valence-electron chi connectivity index (χ1n) is 11.6. The summed E-state index contributed by atoms with van der Waals surface area (Å²) in [6, 6.07) is 10.2. The maximum Gasteiger partial charge on any atom is 0.240 e. The monoisotopic (exact) mass is 529 g/mol. The van der Waals surface area contributed by atoms with Crippen molar-refractivity contribution in [3.63, 3.8) is 0 Å². The molecule has 10 nitrogen and oxygen atoms in total. The van der Waals surface area contributed by atoms with Crippen LogP contribution in [0, 0.1) is 0 Å². The Labute approximate surface area is 213 Å². The number of ether oxygens (including phenoxy) is 1. The number of benzene rings is 1. The number of carbonyl (C=O) groups excluding carboxylic acids is 1. The average molecular weight is 530 g/mol. The van der Waals surface area contributed by atoms with E-state index in [4.69, 9.17) is 4.74 Å². The summed E-state index contributed by atoms with van der Waals surface area (Å²) in [5.74, 6) is 0.672. The van der Waals surface area contributed by atoms with Crippen molar-refractivity contribution in [2.45, 2.75) is 34.7 Å². The van der Waals surface area contributed by atoms with Crippen LogP contribution in [0.4, 0.5) is 11.4 Å². The molecule has 12 heteroatoms. The van der Waals surface area contributed by atoms with Gasteiger partial charge in [0.05, 0.1) is 40.3 Å². The summed E-state index contributed by atoms with van der Waals surface area (Å²) in [4.78, 5) is 23.6. The first kappa shape index (κ1) is 24.8. The number of aromatic nitrogens is 2. The van der Waals surface area contributed by atoms with Gasteiger partial charge in [-0.15, -0.1) is 11.8 Å². The van der Waals surface area contributed by atoms with E-state index < -0.39 is 15.6 Å². The number of thioether (sulfide) groups is 1. The van der Waals surface area contributed by atoms with Gasteiger partial charge in [-0.25, -0.2) is 18.1 Å². The smallest absolute Gasteiger partial charge is 0.240 e. The SMILES string of the molecule is COc1ccc2nccc(N3CCC(O)(CCNS(=O)(=O)c4ccc5c(c4)NC(=O)CS5)CC3)c2n1. The number of hydrogen-bond donors (Lipinski definition) is 3. The minimum Gasteiger partial charge on any atom is -0.481 e. The summed E-state index contributed by atoms with van der Waals surface area (Å²) >= 11 is 1.38. The molecule has 2 aliphatic rings. The van der Waals surface area contributed by atoms with E-state index in [1.54, 1.807) is 25.4 Å². The Hall–Kier alpha value is -2.93. The van der Waals surface area contributed by atoms with E-state index in [0.29, 0.717) is 49.7 Å². The maximum atomic E-state index is 12.8. The van der Waals surface area contributed by atoms with Crippen LogP contribution in [0.25, 0.3) is 11.0 Å². The number of sulfonamides is 1. The fourth-order valence-corrected chi connectivity index (χ4v) is 6.35. The molecule has 1 saturated heterocycles. The number of amides is 1. The minimum absolute atomic E-state index is 0.0818. The third-order valence-corrected chi connectivity index (χ3v) is 9.09. The van der Waals surface area contributed by atoms with Crippen molar-refractivity contribution in [3.05, 3.63) is 42.6 Å². The Morgan fingerprint density at radius 1 is 1.22 bits per heavy atom. The van der Waals surface area contributed by atoms with E-state index in [9.17, 15) is 18.3 Å². The van der Waals surface area contributed by atoms with Gasteiger partial charge in [-0.1, -0.05) is 0 Å². The molecule has 0 bridgehead atoms. The lowest BCUT2D eigenvalue weighted by Gasteiger charge is -2.39. The van der Waals surface area contributed by atoms with Crippen LogP contribution in [-0.2, 0) is 14.8 Å². The van der Waals surface area contributed by atoms with Crippen LogP contribution in [0.3, 0.4) is 0 Å². The predicted octanol–water partition coefficient (Wildman–Crippen LogP) is 2.38. The van der Waals surface area contributed by atoms with E-state index in [-0.39, 0.29) is 17.3 Å². The molecule has 2 aromatic heterocycles. The number of nitrogens with one attached hydrogen (secondary N) is 2. The lowest BCUT2D eigenvalue weighted by molar-refractivity contribution is -0.113. The molecule has 3 N–H and O–H groups in total. The fraction of sp³-hybridized carbons (Fsp3) is 0.375. The average Bonchev–Trinajstić information content (AvgIpc) is 2.88. The van der Waals surface area contributed by atoms with Crippen molar-refractivity contribution >= 4 is 50.1 Å². The molecule has 0 saturated carbocycles. The molecule has 190 valence electrons. The molecule has 1 fully saturated rings. The van der Waals surface area contributed by atoms with Crippen LogP contribution in [0.15, 0.2) is 52.4 Å². The van der Waals surface area contributed by atoms with Crippen LogP contribution >= 0.6 is 11.8 Å². The Balaban J connectivity index is 1.20. The number of nitrogens with zero attached hydrogens (tertiary/aromatic N) is 3. The van der Waals surface area contributed by atoms with Crippen molar-refractivity contribution in [2.24, 2.45) is 0 Å². The van der Waals surface area contributed by atoms with E-state index in [2.05, 4.69) is 24.9 Å². The summed E-state index contributed by atoms with van der Waals surface area (Å²) in [6.45, 7) is 1.31. The molecule has 0 aliphatic carbocycles. The third kappa shape index (κ3) is 5.12. The standard InChI is InChI=1S/C24H27N5O5S2/c1-34-22-5-3-17-23(28-22)19(6-10-25-17)29-12-8-24(31,9-13-29)7-11-26-36(32,33)16-2-4-20-18(14-16)27-21(30)15-35-20/h2-6,10,14,26,31H,7-9,11-13,15H2,1H3,(H,27,30). The molecule has 3 aromatic rings. The van der Waals surface area contributed by atoms with Crippen LogP contribution in [0.1, 0.15) is 19.3 Å². The minimum atomic E-state index is -3.78. The predicted molar refractivity (Wildman–Crippen MR) is 138 cm³/mol. The lowest BCUT2D eigenvalue weighted by Crippen LogP contribution is -2.46. The second kappa shape index (κ2) is 9.85. The van der Waals surface area contributed by atoms with Crippen molar-refractivity contribution in [3.8, 4) is 5.88 Å². The second-order valence-electron chi connectivity index (χ2n) is 8.91. The first-order valence-corrected chi connectivity index (χ1v) is 14.1. The molecule has 4 heterocycles. The van der Waals surface area contributed by atoms with E-state index in [0.717, 1.165) is 21.6 Å². The Morgan fingerprint density at radius 2 is 2.03 bits per heavy atom. The highest BCUT2D eigenvalue weighted by Crippen LogP contribution is 2.34. The normalized spacial score (nSPS) is 17.5. The van der Waals surface area contributed by atoms with Gasteiger partial charge >= 0.3 is 0 Å². The molecule has 0 unspecified atom stereocenters. The van der Waals surface area contributed by atoms with E-state index in [1.165, 1.54) is 23.9 Å². The van der Waals surface area contributed by atoms with Crippen LogP contribution < -0.4 is 19.7 Å². The highest BCUT2D eigenvalue weighted by Gasteiger charge is 2.33. The van der Waals surface area contributed by atoms with Crippen molar-refractivity contribution in [1.29, 1.82) is 0 Å². The van der Waals surface area contributed by atoms with Crippen molar-refractivity contribution in [2.75, 3.05) is 42.7 Å². The van der Waals surface area contributed by atoms with Gasteiger partial charge in [-0.3, -0.25) is 9.78 Å². The quantitative estimate of drug-likeness (QED) is 0.422. The zero-order valence-electron chi connectivity index (χ0n) is 19.7. The second-order valence-corrected chi connectivity index (χ2v) is 11.7. The number of pyridine rings is 2. The van der Waals surface area contributed by atoms with E-state index in [1.807, 2.05) is 12.1 Å². The Kier molecular flexibility index (Phi) is 6.77. The van der Waals surface area contributed by atoms with Gasteiger partial charge < -0.3 is 20.1 Å². The van der Waals surface area contributed by atoms with Gasteiger partial charge in [0.25, 0.3) is 0 Å². The third-order valence-electron chi connectivity index (χ3n) is 6.56. The van der Waals surface area contributed by atoms with Gasteiger partial charge in [-0.2, -0.15) is 0 Å². The Morgan fingerprint density at radius 3 is 2.81 bits per heavy atom. The molecule has 36 heavy (non-hydrogen) atoms. The molecular formula is C24H27N5O5S2. The first-order chi connectivity index (χ1) is 17.3. The van der Waals surface area contributed by atoms with E-state index >= 15 is 0 Å².